The molecule has 0 aromatic carbocycles. The Hall–Kier alpha value is -1.54. The zero-order valence-electron chi connectivity index (χ0n) is 9.19. The van der Waals surface area contributed by atoms with E-state index in [0.29, 0.717) is 13.1 Å². The number of amides is 2. The van der Waals surface area contributed by atoms with Crippen LogP contribution in [0.15, 0.2) is 0 Å². The second-order valence-electron chi connectivity index (χ2n) is 4.04. The maximum Gasteiger partial charge on any atom is 0.240 e. The lowest BCUT2D eigenvalue weighted by molar-refractivity contribution is -0.136. The number of hydrogen-bond acceptors (Lipinski definition) is 3. The second kappa shape index (κ2) is 5.52. The van der Waals surface area contributed by atoms with E-state index >= 15 is 0 Å². The van der Waals surface area contributed by atoms with Gasteiger partial charge >= 0.3 is 0 Å². The number of piperidine rings is 1. The highest BCUT2D eigenvalue weighted by Gasteiger charge is 2.29. The van der Waals surface area contributed by atoms with Gasteiger partial charge in [-0.2, -0.15) is 0 Å². The lowest BCUT2D eigenvalue weighted by atomic mass is 9.97. The first-order valence-electron chi connectivity index (χ1n) is 5.33. The third-order valence-electron chi connectivity index (χ3n) is 2.79. The monoisotopic (exact) mass is 223 g/mol. The van der Waals surface area contributed by atoms with Gasteiger partial charge in [-0.15, -0.1) is 12.3 Å². The van der Waals surface area contributed by atoms with Crippen LogP contribution in [0.5, 0.6) is 0 Å². The third kappa shape index (κ3) is 2.97. The first kappa shape index (κ1) is 12.5. The van der Waals surface area contributed by atoms with Crippen LogP contribution < -0.4 is 11.5 Å². The van der Waals surface area contributed by atoms with E-state index in [1.807, 2.05) is 0 Å². The van der Waals surface area contributed by atoms with Gasteiger partial charge in [-0.3, -0.25) is 9.59 Å². The number of nitrogens with two attached hydrogens (primary N) is 2. The normalized spacial score (nSPS) is 22.2. The molecule has 1 aliphatic rings. The van der Waals surface area contributed by atoms with Crippen LogP contribution in [-0.2, 0) is 9.59 Å². The summed E-state index contributed by atoms with van der Waals surface area (Å²) >= 11 is 0. The first-order valence-corrected chi connectivity index (χ1v) is 5.33. The van der Waals surface area contributed by atoms with E-state index in [1.54, 1.807) is 4.90 Å². The molecule has 1 aliphatic heterocycles. The van der Waals surface area contributed by atoms with Crippen LogP contribution in [0.2, 0.25) is 0 Å². The largest absolute Gasteiger partial charge is 0.369 e. The number of carbonyl (C=O) groups is 2. The molecule has 1 saturated heterocycles. The maximum atomic E-state index is 11.8. The predicted molar refractivity (Wildman–Crippen MR) is 59.9 cm³/mol. The van der Waals surface area contributed by atoms with Crippen molar-refractivity contribution in [2.75, 3.05) is 13.1 Å². The molecular weight excluding hydrogens is 206 g/mol. The first-order chi connectivity index (χ1) is 7.56. The Morgan fingerprint density at radius 2 is 2.25 bits per heavy atom. The lowest BCUT2D eigenvalue weighted by Gasteiger charge is -2.32. The smallest absolute Gasteiger partial charge is 0.240 e. The molecule has 16 heavy (non-hydrogen) atoms. The van der Waals surface area contributed by atoms with E-state index in [9.17, 15) is 9.59 Å². The summed E-state index contributed by atoms with van der Waals surface area (Å²) in [6.45, 7) is 0.993. The zero-order valence-corrected chi connectivity index (χ0v) is 9.19. The van der Waals surface area contributed by atoms with Gasteiger partial charge < -0.3 is 16.4 Å². The molecule has 0 bridgehead atoms. The van der Waals surface area contributed by atoms with Crippen molar-refractivity contribution in [2.24, 2.45) is 17.4 Å². The van der Waals surface area contributed by atoms with Crippen LogP contribution >= 0.6 is 0 Å². The maximum absolute atomic E-state index is 11.8. The molecule has 5 nitrogen and oxygen atoms in total. The van der Waals surface area contributed by atoms with Gasteiger partial charge in [0.15, 0.2) is 0 Å². The second-order valence-corrected chi connectivity index (χ2v) is 4.04. The van der Waals surface area contributed by atoms with E-state index in [2.05, 4.69) is 5.92 Å². The van der Waals surface area contributed by atoms with E-state index in [0.717, 1.165) is 12.8 Å². The predicted octanol–water partition coefficient (Wildman–Crippen LogP) is -0.939. The van der Waals surface area contributed by atoms with Crippen LogP contribution in [0.25, 0.3) is 0 Å². The molecule has 2 atom stereocenters. The summed E-state index contributed by atoms with van der Waals surface area (Å²) in [6, 6.07) is -0.670. The highest BCUT2D eigenvalue weighted by atomic mass is 16.2. The standard InChI is InChI=1S/C11H17N3O2/c1-2-4-9(12)11(16)14-6-3-5-8(7-14)10(13)15/h1,8-9H,3-7,12H2,(H2,13,15). The summed E-state index contributed by atoms with van der Waals surface area (Å²) < 4.78 is 0. The Morgan fingerprint density at radius 3 is 2.81 bits per heavy atom. The number of likely N-dealkylation sites (tertiary alicyclic amines) is 1. The van der Waals surface area contributed by atoms with Gasteiger partial charge in [0.2, 0.25) is 11.8 Å². The molecule has 2 unspecified atom stereocenters. The fraction of sp³-hybridized carbons (Fsp3) is 0.636. The number of carbonyl (C=O) groups excluding carboxylic acids is 2. The molecule has 4 N–H and O–H groups in total. The quantitative estimate of drug-likeness (QED) is 0.605. The molecule has 0 saturated carbocycles. The molecule has 0 radical (unpaired) electrons. The number of rotatable bonds is 3. The molecule has 2 amide bonds. The van der Waals surface area contributed by atoms with Crippen LogP contribution in [-0.4, -0.2) is 35.8 Å². The molecule has 0 aromatic rings. The van der Waals surface area contributed by atoms with Crippen molar-refractivity contribution >= 4 is 11.8 Å². The van der Waals surface area contributed by atoms with Gasteiger partial charge in [-0.05, 0) is 12.8 Å². The summed E-state index contributed by atoms with van der Waals surface area (Å²) in [5, 5.41) is 0. The highest BCUT2D eigenvalue weighted by molar-refractivity contribution is 5.83. The number of primary amides is 1. The lowest BCUT2D eigenvalue weighted by Crippen LogP contribution is -2.49. The molecule has 0 aromatic heterocycles. The third-order valence-corrected chi connectivity index (χ3v) is 2.79. The highest BCUT2D eigenvalue weighted by Crippen LogP contribution is 2.16. The topological polar surface area (TPSA) is 89.4 Å². The molecule has 0 spiro atoms. The zero-order chi connectivity index (χ0) is 12.1. The summed E-state index contributed by atoms with van der Waals surface area (Å²) in [4.78, 5) is 24.4. The van der Waals surface area contributed by atoms with Crippen LogP contribution in [0.4, 0.5) is 0 Å². The molecule has 1 rings (SSSR count). The minimum absolute atomic E-state index is 0.191. The molecular formula is C11H17N3O2. The minimum atomic E-state index is -0.670. The Balaban J connectivity index is 2.57. The number of terminal acetylenes is 1. The molecule has 1 heterocycles. The van der Waals surface area contributed by atoms with Crippen molar-refractivity contribution in [1.29, 1.82) is 0 Å². The van der Waals surface area contributed by atoms with Gasteiger partial charge in [-0.25, -0.2) is 0 Å². The van der Waals surface area contributed by atoms with Gasteiger partial charge in [-0.1, -0.05) is 0 Å². The van der Waals surface area contributed by atoms with Crippen molar-refractivity contribution in [1.82, 2.24) is 4.90 Å². The van der Waals surface area contributed by atoms with Crippen LogP contribution in [0.3, 0.4) is 0 Å². The summed E-state index contributed by atoms with van der Waals surface area (Å²) in [7, 11) is 0. The Labute approximate surface area is 95.1 Å². The van der Waals surface area contributed by atoms with E-state index in [4.69, 9.17) is 17.9 Å². The number of nitrogens with zero attached hydrogens (tertiary/aromatic N) is 1. The SMILES string of the molecule is C#CCC(N)C(=O)N1CCCC(C(N)=O)C1. The Morgan fingerprint density at radius 1 is 1.56 bits per heavy atom. The summed E-state index contributed by atoms with van der Waals surface area (Å²) in [5.41, 5.74) is 10.9. The fourth-order valence-electron chi connectivity index (χ4n) is 1.86. The molecule has 5 heteroatoms. The van der Waals surface area contributed by atoms with Gasteiger partial charge in [0.25, 0.3) is 0 Å². The summed E-state index contributed by atoms with van der Waals surface area (Å²) in [6.07, 6.45) is 6.84. The van der Waals surface area contributed by atoms with Gasteiger partial charge in [0.1, 0.15) is 0 Å². The Bertz CT molecular complexity index is 322. The van der Waals surface area contributed by atoms with Crippen molar-refractivity contribution in [2.45, 2.75) is 25.3 Å². The van der Waals surface area contributed by atoms with Crippen molar-refractivity contribution in [3.63, 3.8) is 0 Å². The Kier molecular flexibility index (Phi) is 4.32. The van der Waals surface area contributed by atoms with Gasteiger partial charge in [0.05, 0.1) is 12.0 Å². The van der Waals surface area contributed by atoms with Crippen LogP contribution in [0.1, 0.15) is 19.3 Å². The molecule has 88 valence electrons. The van der Waals surface area contributed by atoms with Crippen molar-refractivity contribution in [3.05, 3.63) is 0 Å². The molecule has 1 fully saturated rings. The number of hydrogen-bond donors (Lipinski definition) is 2. The van der Waals surface area contributed by atoms with E-state index in [-0.39, 0.29) is 24.2 Å². The van der Waals surface area contributed by atoms with Crippen molar-refractivity contribution in [3.8, 4) is 12.3 Å². The minimum Gasteiger partial charge on any atom is -0.369 e. The average molecular weight is 223 g/mol. The average Bonchev–Trinajstić information content (AvgIpc) is 2.28. The van der Waals surface area contributed by atoms with E-state index < -0.39 is 6.04 Å². The molecule has 0 aliphatic carbocycles. The van der Waals surface area contributed by atoms with E-state index in [1.165, 1.54) is 0 Å². The summed E-state index contributed by atoms with van der Waals surface area (Å²) in [5.74, 6) is 1.55. The van der Waals surface area contributed by atoms with Gasteiger partial charge in [0, 0.05) is 19.5 Å². The van der Waals surface area contributed by atoms with Crippen LogP contribution in [0, 0.1) is 18.3 Å². The van der Waals surface area contributed by atoms with Crippen molar-refractivity contribution < 1.29 is 9.59 Å². The fourth-order valence-corrected chi connectivity index (χ4v) is 1.86.